The van der Waals surface area contributed by atoms with Crippen LogP contribution >= 0.6 is 0 Å². The van der Waals surface area contributed by atoms with E-state index in [-0.39, 0.29) is 17.9 Å². The van der Waals surface area contributed by atoms with Crippen molar-refractivity contribution in [3.8, 4) is 0 Å². The topological polar surface area (TPSA) is 81.6 Å². The molecule has 0 saturated carbocycles. The van der Waals surface area contributed by atoms with E-state index >= 15 is 0 Å². The second-order valence-electron chi connectivity index (χ2n) is 9.76. The highest BCUT2D eigenvalue weighted by Crippen LogP contribution is 2.43. The van der Waals surface area contributed by atoms with Gasteiger partial charge in [-0.25, -0.2) is 9.97 Å². The highest BCUT2D eigenvalue weighted by atomic mass is 19.4. The van der Waals surface area contributed by atoms with Gasteiger partial charge in [-0.1, -0.05) is 19.1 Å². The number of fused-ring (bicyclic) bond motifs is 1. The molecule has 188 valence electrons. The zero-order valence-corrected chi connectivity index (χ0v) is 19.6. The highest BCUT2D eigenvalue weighted by Gasteiger charge is 2.38. The van der Waals surface area contributed by atoms with E-state index in [4.69, 9.17) is 0 Å². The van der Waals surface area contributed by atoms with E-state index in [1.807, 2.05) is 4.90 Å². The van der Waals surface area contributed by atoms with Crippen LogP contribution in [0.15, 0.2) is 30.6 Å². The van der Waals surface area contributed by atoms with Gasteiger partial charge in [-0.3, -0.25) is 4.79 Å². The van der Waals surface area contributed by atoms with E-state index in [1.54, 1.807) is 0 Å². The lowest BCUT2D eigenvalue weighted by Gasteiger charge is -2.39. The lowest BCUT2D eigenvalue weighted by Crippen LogP contribution is -2.52. The molecule has 2 N–H and O–H groups in total. The molecule has 0 spiro atoms. The molecule has 2 fully saturated rings. The molecule has 1 aromatic heterocycles. The summed E-state index contributed by atoms with van der Waals surface area (Å²) in [5.74, 6) is 0.404. The van der Waals surface area contributed by atoms with Gasteiger partial charge < -0.3 is 20.2 Å². The average Bonchev–Trinajstić information content (AvgIpc) is 3.47. The van der Waals surface area contributed by atoms with E-state index in [1.165, 1.54) is 18.5 Å². The second-order valence-corrected chi connectivity index (χ2v) is 9.76. The van der Waals surface area contributed by atoms with Gasteiger partial charge in [-0.15, -0.1) is 0 Å². The Hall–Kier alpha value is -2.72. The number of carbonyl (C=O) groups excluding carboxylic acids is 1. The maximum atomic E-state index is 13.7. The van der Waals surface area contributed by atoms with Crippen molar-refractivity contribution in [2.75, 3.05) is 37.6 Å². The van der Waals surface area contributed by atoms with Crippen molar-refractivity contribution in [1.29, 1.82) is 0 Å². The van der Waals surface area contributed by atoms with Gasteiger partial charge in [-0.2, -0.15) is 13.2 Å². The molecule has 1 amide bonds. The minimum Gasteiger partial charge on any atom is -0.387 e. The largest absolute Gasteiger partial charge is 0.416 e. The fraction of sp³-hybridized carbons (Fsp3) is 0.560. The normalized spacial score (nSPS) is 25.6. The van der Waals surface area contributed by atoms with Crippen LogP contribution in [0, 0.1) is 0 Å². The number of rotatable bonds is 4. The number of anilines is 1. The van der Waals surface area contributed by atoms with Gasteiger partial charge in [0.25, 0.3) is 0 Å². The Balaban J connectivity index is 1.32. The van der Waals surface area contributed by atoms with Crippen LogP contribution in [0.25, 0.3) is 0 Å². The summed E-state index contributed by atoms with van der Waals surface area (Å²) >= 11 is 0. The van der Waals surface area contributed by atoms with Crippen molar-refractivity contribution in [2.45, 2.75) is 56.3 Å². The number of benzene rings is 1. The van der Waals surface area contributed by atoms with Crippen LogP contribution in [-0.2, 0) is 11.0 Å². The van der Waals surface area contributed by atoms with Gasteiger partial charge in [-0.05, 0) is 49.4 Å². The van der Waals surface area contributed by atoms with Crippen LogP contribution in [-0.4, -0.2) is 64.6 Å². The number of hydrogen-bond donors (Lipinski definition) is 2. The third-order valence-electron chi connectivity index (χ3n) is 7.53. The number of alkyl halides is 3. The van der Waals surface area contributed by atoms with Crippen molar-refractivity contribution in [1.82, 2.24) is 20.2 Å². The SMILES string of the molecule is CC1C[C@@H](O)c2ncnc(N3CCN(C(=O)[C@@H](c4ccc(C(F)(F)F)cc4)[C@@H]4CCCN4)CC3)c21. The molecular formula is C25H30F3N5O2. The molecule has 1 aliphatic carbocycles. The van der Waals surface area contributed by atoms with Gasteiger partial charge in [0.05, 0.1) is 23.3 Å². The first kappa shape index (κ1) is 24.0. The van der Waals surface area contributed by atoms with Gasteiger partial charge in [0.1, 0.15) is 12.1 Å². The summed E-state index contributed by atoms with van der Waals surface area (Å²) in [6, 6.07) is 4.92. The molecule has 4 atom stereocenters. The number of aliphatic hydroxyl groups excluding tert-OH is 1. The fourth-order valence-corrected chi connectivity index (χ4v) is 5.71. The molecule has 1 aromatic carbocycles. The summed E-state index contributed by atoms with van der Waals surface area (Å²) in [6.07, 6.45) is -1.12. The van der Waals surface area contributed by atoms with E-state index < -0.39 is 23.8 Å². The number of carbonyl (C=O) groups is 1. The standard InChI is InChI=1S/C25H30F3N5O2/c1-15-13-19(34)22-20(15)23(31-14-30-22)32-9-11-33(12-10-32)24(35)21(18-3-2-8-29-18)16-4-6-17(7-5-16)25(26,27)28/h4-7,14-15,18-19,21,29,34H,2-3,8-13H2,1H3/t15?,18-,19+,21-/m0/s1. The lowest BCUT2D eigenvalue weighted by molar-refractivity contribution is -0.137. The Morgan fingerprint density at radius 3 is 2.49 bits per heavy atom. The van der Waals surface area contributed by atoms with E-state index in [9.17, 15) is 23.1 Å². The van der Waals surface area contributed by atoms with E-state index in [0.29, 0.717) is 43.9 Å². The molecular weight excluding hydrogens is 459 g/mol. The molecule has 3 heterocycles. The van der Waals surface area contributed by atoms with Crippen LogP contribution in [0.2, 0.25) is 0 Å². The second kappa shape index (κ2) is 9.39. The average molecular weight is 490 g/mol. The summed E-state index contributed by atoms with van der Waals surface area (Å²) in [4.78, 5) is 26.4. The van der Waals surface area contributed by atoms with E-state index in [0.717, 1.165) is 42.9 Å². The van der Waals surface area contributed by atoms with Crippen molar-refractivity contribution in [2.24, 2.45) is 0 Å². The Morgan fingerprint density at radius 1 is 1.14 bits per heavy atom. The number of hydrogen-bond acceptors (Lipinski definition) is 6. The molecule has 5 rings (SSSR count). The van der Waals surface area contributed by atoms with Crippen LogP contribution in [0.1, 0.15) is 66.5 Å². The fourth-order valence-electron chi connectivity index (χ4n) is 5.71. The van der Waals surface area contributed by atoms with Gasteiger partial charge in [0.15, 0.2) is 0 Å². The molecule has 2 aliphatic heterocycles. The van der Waals surface area contributed by atoms with Crippen LogP contribution in [0.3, 0.4) is 0 Å². The number of piperazine rings is 1. The Morgan fingerprint density at radius 2 is 1.86 bits per heavy atom. The minimum absolute atomic E-state index is 0.0551. The number of nitrogens with zero attached hydrogens (tertiary/aromatic N) is 4. The number of halogens is 3. The van der Waals surface area contributed by atoms with Crippen LogP contribution < -0.4 is 10.2 Å². The smallest absolute Gasteiger partial charge is 0.387 e. The number of nitrogens with one attached hydrogen (secondary N) is 1. The quantitative estimate of drug-likeness (QED) is 0.687. The lowest BCUT2D eigenvalue weighted by atomic mass is 9.88. The molecule has 10 heteroatoms. The molecule has 3 aliphatic rings. The van der Waals surface area contributed by atoms with Crippen molar-refractivity contribution in [3.63, 3.8) is 0 Å². The monoisotopic (exact) mass is 489 g/mol. The summed E-state index contributed by atoms with van der Waals surface area (Å²) in [5.41, 5.74) is 1.58. The third-order valence-corrected chi connectivity index (χ3v) is 7.53. The third kappa shape index (κ3) is 4.61. The number of amides is 1. The van der Waals surface area contributed by atoms with E-state index in [2.05, 4.69) is 27.1 Å². The molecule has 0 bridgehead atoms. The molecule has 1 unspecified atom stereocenters. The predicted molar refractivity (Wildman–Crippen MR) is 124 cm³/mol. The van der Waals surface area contributed by atoms with Gasteiger partial charge in [0.2, 0.25) is 5.91 Å². The number of aliphatic hydroxyl groups is 1. The maximum absolute atomic E-state index is 13.7. The molecule has 2 aromatic rings. The maximum Gasteiger partial charge on any atom is 0.416 e. The molecule has 2 saturated heterocycles. The first-order valence-corrected chi connectivity index (χ1v) is 12.2. The summed E-state index contributed by atoms with van der Waals surface area (Å²) < 4.78 is 39.2. The molecule has 35 heavy (non-hydrogen) atoms. The van der Waals surface area contributed by atoms with Crippen molar-refractivity contribution >= 4 is 11.7 Å². The first-order chi connectivity index (χ1) is 16.7. The van der Waals surface area contributed by atoms with Crippen molar-refractivity contribution in [3.05, 3.63) is 53.0 Å². The van der Waals surface area contributed by atoms with Crippen LogP contribution in [0.4, 0.5) is 19.0 Å². The van der Waals surface area contributed by atoms with Crippen molar-refractivity contribution < 1.29 is 23.1 Å². The molecule has 0 radical (unpaired) electrons. The molecule has 7 nitrogen and oxygen atoms in total. The highest BCUT2D eigenvalue weighted by molar-refractivity contribution is 5.85. The minimum atomic E-state index is -4.41. The van der Waals surface area contributed by atoms with Crippen LogP contribution in [0.5, 0.6) is 0 Å². The summed E-state index contributed by atoms with van der Waals surface area (Å²) in [6.45, 7) is 5.04. The summed E-state index contributed by atoms with van der Waals surface area (Å²) in [5, 5.41) is 13.7. The van der Waals surface area contributed by atoms with Gasteiger partial charge >= 0.3 is 6.18 Å². The Labute approximate surface area is 202 Å². The zero-order chi connectivity index (χ0) is 24.7. The number of aromatic nitrogens is 2. The first-order valence-electron chi connectivity index (χ1n) is 12.2. The predicted octanol–water partition coefficient (Wildman–Crippen LogP) is 3.22. The summed E-state index contributed by atoms with van der Waals surface area (Å²) in [7, 11) is 0. The zero-order valence-electron chi connectivity index (χ0n) is 19.6. The van der Waals surface area contributed by atoms with Gasteiger partial charge in [0, 0.05) is 37.8 Å². The Bertz CT molecular complexity index is 1060. The Kier molecular flexibility index (Phi) is 6.43.